The van der Waals surface area contributed by atoms with Gasteiger partial charge in [0.1, 0.15) is 18.3 Å². The molecule has 11 nitrogen and oxygen atoms in total. The van der Waals surface area contributed by atoms with Crippen molar-refractivity contribution >= 4 is 40.5 Å². The number of aliphatic carboxylic acids is 1. The minimum atomic E-state index is -0.966. The Labute approximate surface area is 242 Å². The lowest BCUT2D eigenvalue weighted by atomic mass is 10.1. The molecule has 0 aliphatic heterocycles. The number of pyridine rings is 2. The Morgan fingerprint density at radius 2 is 1.74 bits per heavy atom. The van der Waals surface area contributed by atoms with Gasteiger partial charge in [0.15, 0.2) is 0 Å². The normalized spacial score (nSPS) is 11.3. The number of carbonyl (C=O) groups is 4. The molecule has 4 aromatic rings. The van der Waals surface area contributed by atoms with Crippen molar-refractivity contribution in [2.75, 3.05) is 11.9 Å². The third-order valence-electron chi connectivity index (χ3n) is 6.37. The van der Waals surface area contributed by atoms with Crippen LogP contribution < -0.4 is 16.0 Å². The Bertz CT molecular complexity index is 1550. The quantitative estimate of drug-likeness (QED) is 0.175. The van der Waals surface area contributed by atoms with E-state index in [-0.39, 0.29) is 38.1 Å². The van der Waals surface area contributed by atoms with E-state index in [0.29, 0.717) is 23.2 Å². The van der Waals surface area contributed by atoms with Crippen LogP contribution in [0.25, 0.3) is 10.9 Å². The van der Waals surface area contributed by atoms with E-state index in [0.717, 1.165) is 10.9 Å². The van der Waals surface area contributed by atoms with E-state index in [9.17, 15) is 19.2 Å². The minimum absolute atomic E-state index is 0.0702. The van der Waals surface area contributed by atoms with Crippen LogP contribution in [0, 0.1) is 0 Å². The average Bonchev–Trinajstić information content (AvgIpc) is 3.01. The van der Waals surface area contributed by atoms with Gasteiger partial charge in [-0.15, -0.1) is 0 Å². The molecular weight excluding hydrogens is 538 g/mol. The Morgan fingerprint density at radius 1 is 0.929 bits per heavy atom. The van der Waals surface area contributed by atoms with Gasteiger partial charge in [-0.1, -0.05) is 48.5 Å². The summed E-state index contributed by atoms with van der Waals surface area (Å²) in [5, 5.41) is 18.2. The Hall–Kier alpha value is -5.32. The lowest BCUT2D eigenvalue weighted by Crippen LogP contribution is -2.44. The van der Waals surface area contributed by atoms with Gasteiger partial charge in [0.05, 0.1) is 5.52 Å². The lowest BCUT2D eigenvalue weighted by molar-refractivity contribution is -0.137. The molecular formula is C31H31N5O6. The molecule has 0 saturated heterocycles. The molecule has 0 fully saturated rings. The molecule has 1 atom stereocenters. The standard InChI is InChI=1S/C31H31N5O6/c37-28(38)16-14-23-9-2-4-11-25(23)35-29(39)26(12-6-18-33-31(41)42-20-21-7-5-17-32-19-21)36-30(40)27-15-13-22-8-1-3-10-24(22)34-27/h1-5,7-11,13,15,17,19,26H,6,12,14,16,18,20H2,(H,33,41)(H,35,39)(H,36,40)(H,37,38)/t26-/m0/s1. The summed E-state index contributed by atoms with van der Waals surface area (Å²) in [6, 6.07) is 20.2. The lowest BCUT2D eigenvalue weighted by Gasteiger charge is -2.20. The number of amides is 3. The van der Waals surface area contributed by atoms with E-state index < -0.39 is 29.9 Å². The monoisotopic (exact) mass is 569 g/mol. The maximum atomic E-state index is 13.4. The van der Waals surface area contributed by atoms with Crippen LogP contribution >= 0.6 is 0 Å². The van der Waals surface area contributed by atoms with Crippen molar-refractivity contribution in [3.63, 3.8) is 0 Å². The number of carboxylic acid groups (broad SMARTS) is 1. The summed E-state index contributed by atoms with van der Waals surface area (Å²) in [5.41, 5.74) is 2.67. The van der Waals surface area contributed by atoms with Gasteiger partial charge in [0, 0.05) is 42.0 Å². The highest BCUT2D eigenvalue weighted by molar-refractivity contribution is 6.01. The van der Waals surface area contributed by atoms with Crippen molar-refractivity contribution in [3.8, 4) is 0 Å². The highest BCUT2D eigenvalue weighted by atomic mass is 16.5. The van der Waals surface area contributed by atoms with Gasteiger partial charge in [-0.2, -0.15) is 0 Å². The van der Waals surface area contributed by atoms with Crippen LogP contribution in [0.2, 0.25) is 0 Å². The van der Waals surface area contributed by atoms with E-state index in [2.05, 4.69) is 25.9 Å². The molecule has 0 spiro atoms. The Kier molecular flexibility index (Phi) is 10.5. The topological polar surface area (TPSA) is 160 Å². The second kappa shape index (κ2) is 14.9. The first-order valence-corrected chi connectivity index (χ1v) is 13.5. The van der Waals surface area contributed by atoms with Crippen molar-refractivity contribution in [1.29, 1.82) is 0 Å². The first kappa shape index (κ1) is 29.7. The van der Waals surface area contributed by atoms with Gasteiger partial charge in [0.25, 0.3) is 5.91 Å². The number of benzene rings is 2. The second-order valence-corrected chi connectivity index (χ2v) is 9.46. The molecule has 2 heterocycles. The third-order valence-corrected chi connectivity index (χ3v) is 6.37. The molecule has 11 heteroatoms. The molecule has 0 unspecified atom stereocenters. The van der Waals surface area contributed by atoms with Crippen LogP contribution in [0.3, 0.4) is 0 Å². The zero-order valence-electron chi connectivity index (χ0n) is 22.8. The maximum Gasteiger partial charge on any atom is 0.407 e. The molecule has 0 saturated carbocycles. The van der Waals surface area contributed by atoms with Gasteiger partial charge >= 0.3 is 12.1 Å². The van der Waals surface area contributed by atoms with Crippen LogP contribution in [0.5, 0.6) is 0 Å². The highest BCUT2D eigenvalue weighted by Crippen LogP contribution is 2.18. The number of aromatic nitrogens is 2. The number of hydrogen-bond acceptors (Lipinski definition) is 7. The number of fused-ring (bicyclic) bond motifs is 1. The molecule has 42 heavy (non-hydrogen) atoms. The van der Waals surface area contributed by atoms with Crippen molar-refractivity contribution in [3.05, 3.63) is 102 Å². The smallest absolute Gasteiger partial charge is 0.407 e. The number of para-hydroxylation sites is 2. The summed E-state index contributed by atoms with van der Waals surface area (Å²) in [7, 11) is 0. The number of carbonyl (C=O) groups excluding carboxylic acids is 3. The summed E-state index contributed by atoms with van der Waals surface area (Å²) >= 11 is 0. The molecule has 2 aromatic heterocycles. The van der Waals surface area contributed by atoms with Crippen molar-refractivity contribution < 1.29 is 29.0 Å². The number of nitrogens with one attached hydrogen (secondary N) is 3. The SMILES string of the molecule is O=C(O)CCc1ccccc1NC(=O)[C@H](CCCNC(=O)OCc1cccnc1)NC(=O)c1ccc2ccccc2n1. The van der Waals surface area contributed by atoms with Crippen molar-refractivity contribution in [2.24, 2.45) is 0 Å². The van der Waals surface area contributed by atoms with Gasteiger partial charge in [-0.25, -0.2) is 9.78 Å². The number of carboxylic acids is 1. The number of alkyl carbamates (subject to hydrolysis) is 1. The van der Waals surface area contributed by atoms with Crippen LogP contribution in [-0.2, 0) is 27.4 Å². The molecule has 0 radical (unpaired) electrons. The van der Waals surface area contributed by atoms with Gasteiger partial charge in [-0.05, 0) is 49.1 Å². The third kappa shape index (κ3) is 8.85. The van der Waals surface area contributed by atoms with E-state index in [1.807, 2.05) is 18.2 Å². The number of aryl methyl sites for hydroxylation is 1. The molecule has 216 valence electrons. The summed E-state index contributed by atoms with van der Waals surface area (Å²) in [5.74, 6) is -1.95. The van der Waals surface area contributed by atoms with Crippen molar-refractivity contribution in [1.82, 2.24) is 20.6 Å². The maximum absolute atomic E-state index is 13.4. The van der Waals surface area contributed by atoms with Crippen LogP contribution in [0.1, 0.15) is 40.9 Å². The average molecular weight is 570 g/mol. The number of ether oxygens (including phenoxy) is 1. The van der Waals surface area contributed by atoms with E-state index >= 15 is 0 Å². The number of rotatable bonds is 13. The van der Waals surface area contributed by atoms with Gasteiger partial charge in [-0.3, -0.25) is 19.4 Å². The molecule has 0 aliphatic rings. The minimum Gasteiger partial charge on any atom is -0.481 e. The van der Waals surface area contributed by atoms with Crippen LogP contribution in [0.15, 0.2) is 85.2 Å². The Morgan fingerprint density at radius 3 is 2.55 bits per heavy atom. The molecule has 3 amide bonds. The van der Waals surface area contributed by atoms with Crippen LogP contribution in [-0.4, -0.2) is 51.5 Å². The predicted octanol–water partition coefficient (Wildman–Crippen LogP) is 4.09. The molecule has 2 aromatic carbocycles. The number of hydrogen-bond donors (Lipinski definition) is 4. The predicted molar refractivity (Wildman–Crippen MR) is 156 cm³/mol. The fourth-order valence-corrected chi connectivity index (χ4v) is 4.20. The fraction of sp³-hybridized carbons (Fsp3) is 0.226. The van der Waals surface area contributed by atoms with Gasteiger partial charge in [0.2, 0.25) is 5.91 Å². The molecule has 4 rings (SSSR count). The van der Waals surface area contributed by atoms with E-state index in [1.54, 1.807) is 67.0 Å². The summed E-state index contributed by atoms with van der Waals surface area (Å²) in [6.07, 6.45) is 3.30. The fourth-order valence-electron chi connectivity index (χ4n) is 4.20. The molecule has 0 aliphatic carbocycles. The van der Waals surface area contributed by atoms with E-state index in [1.165, 1.54) is 0 Å². The molecule has 4 N–H and O–H groups in total. The zero-order valence-corrected chi connectivity index (χ0v) is 22.8. The molecule has 0 bridgehead atoms. The summed E-state index contributed by atoms with van der Waals surface area (Å²) < 4.78 is 5.18. The number of anilines is 1. The summed E-state index contributed by atoms with van der Waals surface area (Å²) in [6.45, 7) is 0.274. The first-order chi connectivity index (χ1) is 20.4. The summed E-state index contributed by atoms with van der Waals surface area (Å²) in [4.78, 5) is 58.1. The van der Waals surface area contributed by atoms with Crippen LogP contribution in [0.4, 0.5) is 10.5 Å². The highest BCUT2D eigenvalue weighted by Gasteiger charge is 2.23. The first-order valence-electron chi connectivity index (χ1n) is 13.5. The Balaban J connectivity index is 1.40. The van der Waals surface area contributed by atoms with Crippen molar-refractivity contribution in [2.45, 2.75) is 38.3 Å². The zero-order chi connectivity index (χ0) is 29.7. The number of nitrogens with zero attached hydrogens (tertiary/aromatic N) is 2. The second-order valence-electron chi connectivity index (χ2n) is 9.46. The largest absolute Gasteiger partial charge is 0.481 e. The van der Waals surface area contributed by atoms with E-state index in [4.69, 9.17) is 9.84 Å². The van der Waals surface area contributed by atoms with Gasteiger partial charge < -0.3 is 25.8 Å².